The van der Waals surface area contributed by atoms with Crippen molar-refractivity contribution in [2.45, 2.75) is 39.0 Å². The van der Waals surface area contributed by atoms with Crippen LogP contribution in [0.15, 0.2) is 12.2 Å². The average Bonchev–Trinajstić information content (AvgIpc) is 1.81. The van der Waals surface area contributed by atoms with Crippen molar-refractivity contribution >= 4 is 0 Å². The summed E-state index contributed by atoms with van der Waals surface area (Å²) < 4.78 is 0. The Morgan fingerprint density at radius 1 is 1.20 bits per heavy atom. The molecule has 0 aliphatic heterocycles. The summed E-state index contributed by atoms with van der Waals surface area (Å²) in [4.78, 5) is 0. The van der Waals surface area contributed by atoms with E-state index in [0.717, 1.165) is 0 Å². The maximum Gasteiger partial charge on any atom is -0.0323 e. The highest BCUT2D eigenvalue weighted by Crippen LogP contribution is 2.30. The summed E-state index contributed by atoms with van der Waals surface area (Å²) >= 11 is 0. The fraction of sp³-hybridized carbons (Fsp3) is 0.700. The summed E-state index contributed by atoms with van der Waals surface area (Å²) in [6.45, 7) is 6.47. The van der Waals surface area contributed by atoms with Crippen molar-refractivity contribution in [3.63, 3.8) is 0 Å². The minimum Gasteiger partial charge on any atom is -0.0885 e. The van der Waals surface area contributed by atoms with Crippen LogP contribution in [-0.4, -0.2) is 0 Å². The topological polar surface area (TPSA) is 0 Å². The predicted molar refractivity (Wildman–Crippen MR) is 45.7 cm³/mol. The third kappa shape index (κ3) is 2.55. The van der Waals surface area contributed by atoms with Gasteiger partial charge in [0.1, 0.15) is 0 Å². The predicted octanol–water partition coefficient (Wildman–Crippen LogP) is 3.35. The summed E-state index contributed by atoms with van der Waals surface area (Å²) in [5, 5.41) is 0. The van der Waals surface area contributed by atoms with Crippen LogP contribution in [-0.2, 0) is 0 Å². The molecule has 0 aromatic heterocycles. The molecule has 1 unspecified atom stereocenters. The van der Waals surface area contributed by atoms with Crippen LogP contribution in [0.5, 0.6) is 0 Å². The molecule has 1 radical (unpaired) electrons. The van der Waals surface area contributed by atoms with Crippen molar-refractivity contribution in [3.05, 3.63) is 19.1 Å². The Hall–Kier alpha value is -0.260. The van der Waals surface area contributed by atoms with Gasteiger partial charge in [-0.25, -0.2) is 0 Å². The van der Waals surface area contributed by atoms with Gasteiger partial charge in [-0.2, -0.15) is 0 Å². The van der Waals surface area contributed by atoms with Crippen LogP contribution < -0.4 is 0 Å². The van der Waals surface area contributed by atoms with E-state index in [1.165, 1.54) is 32.1 Å². The summed E-state index contributed by atoms with van der Waals surface area (Å²) in [5.41, 5.74) is 0.352. The molecule has 0 N–H and O–H groups in total. The summed E-state index contributed by atoms with van der Waals surface area (Å²) in [6, 6.07) is 0. The van der Waals surface area contributed by atoms with Crippen molar-refractivity contribution in [1.82, 2.24) is 0 Å². The lowest BCUT2D eigenvalue weighted by molar-refractivity contribution is 0.345. The molecule has 0 amide bonds. The van der Waals surface area contributed by atoms with E-state index in [9.17, 15) is 0 Å². The van der Waals surface area contributed by atoms with E-state index in [1.807, 2.05) is 0 Å². The van der Waals surface area contributed by atoms with Gasteiger partial charge in [0.2, 0.25) is 0 Å². The van der Waals surface area contributed by atoms with Crippen LogP contribution in [0.1, 0.15) is 39.0 Å². The van der Waals surface area contributed by atoms with Crippen LogP contribution in [0.4, 0.5) is 0 Å². The Morgan fingerprint density at radius 3 is 2.70 bits per heavy atom. The Balaban J connectivity index is 2.43. The molecule has 0 heterocycles. The average molecular weight is 137 g/mol. The lowest BCUT2D eigenvalue weighted by Gasteiger charge is -2.24. The molecule has 0 bridgehead atoms. The first-order chi connectivity index (χ1) is 4.71. The highest BCUT2D eigenvalue weighted by atomic mass is 14.2. The van der Waals surface area contributed by atoms with E-state index in [-0.39, 0.29) is 0 Å². The lowest BCUT2D eigenvalue weighted by Crippen LogP contribution is -2.11. The maximum absolute atomic E-state index is 4.20. The van der Waals surface area contributed by atoms with E-state index in [1.54, 1.807) is 0 Å². The molecule has 1 aliphatic carbocycles. The first kappa shape index (κ1) is 7.84. The quantitative estimate of drug-likeness (QED) is 0.449. The molecule has 0 aromatic rings. The van der Waals surface area contributed by atoms with E-state index in [0.29, 0.717) is 5.41 Å². The molecule has 0 heteroatoms. The van der Waals surface area contributed by atoms with Crippen LogP contribution >= 0.6 is 0 Å². The van der Waals surface area contributed by atoms with Gasteiger partial charge in [0, 0.05) is 0 Å². The molecule has 0 fully saturated rings. The van der Waals surface area contributed by atoms with E-state index < -0.39 is 0 Å². The Labute approximate surface area is 64.3 Å². The summed E-state index contributed by atoms with van der Waals surface area (Å²) in [6.07, 6.45) is 10.9. The number of allylic oxidation sites excluding steroid dienone is 2. The second-order valence-corrected chi connectivity index (χ2v) is 3.71. The largest absolute Gasteiger partial charge is 0.0885 e. The fourth-order valence-electron chi connectivity index (χ4n) is 1.44. The standard InChI is InChI=1S/C10H17/c1-10(2)8-6-4-3-5-7-9-10/h3-4H,1,5-9H2,2H3. The molecule has 1 atom stereocenters. The van der Waals surface area contributed by atoms with Crippen molar-refractivity contribution in [2.75, 3.05) is 0 Å². The van der Waals surface area contributed by atoms with Gasteiger partial charge >= 0.3 is 0 Å². The van der Waals surface area contributed by atoms with Crippen molar-refractivity contribution in [3.8, 4) is 0 Å². The van der Waals surface area contributed by atoms with Gasteiger partial charge in [-0.1, -0.05) is 19.1 Å². The van der Waals surface area contributed by atoms with Crippen LogP contribution in [0.2, 0.25) is 0 Å². The Kier molecular flexibility index (Phi) is 2.53. The first-order valence-corrected chi connectivity index (χ1v) is 4.21. The van der Waals surface area contributed by atoms with Crippen molar-refractivity contribution in [2.24, 2.45) is 5.41 Å². The zero-order chi connectivity index (χ0) is 7.45. The molecule has 1 aliphatic rings. The summed E-state index contributed by atoms with van der Waals surface area (Å²) in [7, 11) is 0. The second-order valence-electron chi connectivity index (χ2n) is 3.71. The molecule has 0 spiro atoms. The monoisotopic (exact) mass is 137 g/mol. The first-order valence-electron chi connectivity index (χ1n) is 4.21. The Bertz CT molecular complexity index is 120. The molecule has 0 saturated heterocycles. The zero-order valence-corrected chi connectivity index (χ0v) is 6.90. The molecule has 10 heavy (non-hydrogen) atoms. The van der Waals surface area contributed by atoms with Crippen LogP contribution in [0.25, 0.3) is 0 Å². The zero-order valence-electron chi connectivity index (χ0n) is 6.90. The van der Waals surface area contributed by atoms with Gasteiger partial charge in [-0.3, -0.25) is 0 Å². The van der Waals surface area contributed by atoms with Gasteiger partial charge < -0.3 is 0 Å². The molecular formula is C10H17. The SMILES string of the molecule is [CH2]C1(C)CCC=CCCC1. The molecule has 1 rings (SSSR count). The highest BCUT2D eigenvalue weighted by molar-refractivity contribution is 4.89. The van der Waals surface area contributed by atoms with E-state index in [2.05, 4.69) is 26.0 Å². The molecule has 0 saturated carbocycles. The van der Waals surface area contributed by atoms with Gasteiger partial charge in [0.25, 0.3) is 0 Å². The lowest BCUT2D eigenvalue weighted by atomic mass is 9.81. The van der Waals surface area contributed by atoms with E-state index in [4.69, 9.17) is 0 Å². The van der Waals surface area contributed by atoms with Gasteiger partial charge in [0.05, 0.1) is 0 Å². The highest BCUT2D eigenvalue weighted by Gasteiger charge is 2.16. The number of rotatable bonds is 0. The van der Waals surface area contributed by atoms with Crippen molar-refractivity contribution in [1.29, 1.82) is 0 Å². The van der Waals surface area contributed by atoms with Gasteiger partial charge in [0.15, 0.2) is 0 Å². The number of hydrogen-bond acceptors (Lipinski definition) is 0. The minimum absolute atomic E-state index is 0.352. The van der Waals surface area contributed by atoms with Gasteiger partial charge in [-0.05, 0) is 44.4 Å². The maximum atomic E-state index is 4.20. The Morgan fingerprint density at radius 2 is 1.90 bits per heavy atom. The molecule has 0 aromatic carbocycles. The van der Waals surface area contributed by atoms with Crippen molar-refractivity contribution < 1.29 is 0 Å². The molecule has 57 valence electrons. The second kappa shape index (κ2) is 3.23. The van der Waals surface area contributed by atoms with E-state index >= 15 is 0 Å². The number of hydrogen-bond donors (Lipinski definition) is 0. The fourth-order valence-corrected chi connectivity index (χ4v) is 1.44. The van der Waals surface area contributed by atoms with Gasteiger partial charge in [-0.15, -0.1) is 0 Å². The van der Waals surface area contributed by atoms with Crippen LogP contribution in [0, 0.1) is 12.3 Å². The molecule has 0 nitrogen and oxygen atoms in total. The molecular weight excluding hydrogens is 120 g/mol. The smallest absolute Gasteiger partial charge is 0.0323 e. The van der Waals surface area contributed by atoms with Crippen LogP contribution in [0.3, 0.4) is 0 Å². The normalized spacial score (nSPS) is 25.4. The third-order valence-corrected chi connectivity index (χ3v) is 2.23. The minimum atomic E-state index is 0.352. The summed E-state index contributed by atoms with van der Waals surface area (Å²) in [5.74, 6) is 0. The third-order valence-electron chi connectivity index (χ3n) is 2.23.